The van der Waals surface area contributed by atoms with Crippen LogP contribution in [0.5, 0.6) is 0 Å². The van der Waals surface area contributed by atoms with Crippen molar-refractivity contribution in [3.8, 4) is 0 Å². The Labute approximate surface area is 131 Å². The highest BCUT2D eigenvalue weighted by Gasteiger charge is 2.24. The zero-order valence-corrected chi connectivity index (χ0v) is 13.5. The van der Waals surface area contributed by atoms with Crippen LogP contribution in [0.4, 0.5) is 0 Å². The minimum Gasteiger partial charge on any atom is -0.396 e. The van der Waals surface area contributed by atoms with Crippen LogP contribution in [-0.2, 0) is 6.54 Å². The fourth-order valence-corrected chi connectivity index (χ4v) is 2.80. The van der Waals surface area contributed by atoms with Crippen LogP contribution in [-0.4, -0.2) is 23.2 Å². The molecule has 0 bridgehead atoms. The second-order valence-corrected chi connectivity index (χ2v) is 5.98. The Bertz CT molecular complexity index is 588. The number of fused-ring (bicyclic) bond motifs is 1. The molecule has 21 heavy (non-hydrogen) atoms. The molecule has 2 aromatic rings. The van der Waals surface area contributed by atoms with Gasteiger partial charge in [0.1, 0.15) is 0 Å². The van der Waals surface area contributed by atoms with E-state index in [1.165, 1.54) is 0 Å². The maximum atomic E-state index is 9.61. The van der Waals surface area contributed by atoms with Gasteiger partial charge in [-0.3, -0.25) is 4.98 Å². The van der Waals surface area contributed by atoms with Crippen molar-refractivity contribution >= 4 is 22.5 Å². The fraction of sp³-hybridized carbons (Fsp3) is 0.471. The van der Waals surface area contributed by atoms with E-state index in [1.54, 1.807) is 6.20 Å². The first-order chi connectivity index (χ1) is 10.2. The normalized spacial score (nSPS) is 12.0. The van der Waals surface area contributed by atoms with Crippen molar-refractivity contribution in [1.29, 1.82) is 0 Å². The summed E-state index contributed by atoms with van der Waals surface area (Å²) in [5.41, 5.74) is 2.05. The molecule has 1 heterocycles. The molecular weight excluding hydrogens is 284 g/mol. The highest BCUT2D eigenvalue weighted by atomic mass is 35.5. The third-order valence-electron chi connectivity index (χ3n) is 4.45. The Kier molecular flexibility index (Phi) is 5.57. The van der Waals surface area contributed by atoms with Crippen molar-refractivity contribution in [2.75, 3.05) is 13.2 Å². The minimum absolute atomic E-state index is 0.0321. The third kappa shape index (κ3) is 3.54. The Hall–Kier alpha value is -1.16. The van der Waals surface area contributed by atoms with Crippen molar-refractivity contribution in [3.63, 3.8) is 0 Å². The van der Waals surface area contributed by atoms with Crippen molar-refractivity contribution < 1.29 is 5.11 Å². The van der Waals surface area contributed by atoms with Gasteiger partial charge in [-0.05, 0) is 36.6 Å². The number of aliphatic hydroxyl groups excluding tert-OH is 1. The van der Waals surface area contributed by atoms with Crippen LogP contribution in [0, 0.1) is 5.41 Å². The molecule has 0 radical (unpaired) electrons. The van der Waals surface area contributed by atoms with Crippen LogP contribution in [0.2, 0.25) is 5.02 Å². The summed E-state index contributed by atoms with van der Waals surface area (Å²) in [6.45, 7) is 5.99. The van der Waals surface area contributed by atoms with E-state index in [4.69, 9.17) is 11.6 Å². The highest BCUT2D eigenvalue weighted by Crippen LogP contribution is 2.26. The molecule has 0 saturated heterocycles. The number of hydrogen-bond acceptors (Lipinski definition) is 3. The first-order valence-corrected chi connectivity index (χ1v) is 7.87. The van der Waals surface area contributed by atoms with Crippen molar-refractivity contribution in [2.45, 2.75) is 33.2 Å². The number of halogens is 1. The van der Waals surface area contributed by atoms with Gasteiger partial charge in [-0.1, -0.05) is 31.5 Å². The van der Waals surface area contributed by atoms with Gasteiger partial charge in [0.05, 0.1) is 5.52 Å². The average Bonchev–Trinajstić information content (AvgIpc) is 2.54. The first-order valence-electron chi connectivity index (χ1n) is 7.49. The Morgan fingerprint density at radius 3 is 2.67 bits per heavy atom. The number of nitrogens with zero attached hydrogens (tertiary/aromatic N) is 1. The number of nitrogens with one attached hydrogen (secondary N) is 1. The quantitative estimate of drug-likeness (QED) is 0.818. The molecule has 0 aliphatic heterocycles. The summed E-state index contributed by atoms with van der Waals surface area (Å²) < 4.78 is 0. The molecule has 3 nitrogen and oxygen atoms in total. The van der Waals surface area contributed by atoms with E-state index in [1.807, 2.05) is 24.3 Å². The third-order valence-corrected chi connectivity index (χ3v) is 4.78. The number of hydrogen-bond donors (Lipinski definition) is 2. The lowest BCUT2D eigenvalue weighted by atomic mass is 9.83. The summed E-state index contributed by atoms with van der Waals surface area (Å²) in [6, 6.07) is 7.82. The number of aliphatic hydroxyl groups is 1. The van der Waals surface area contributed by atoms with E-state index in [-0.39, 0.29) is 12.0 Å². The lowest BCUT2D eigenvalue weighted by molar-refractivity contribution is 0.113. The van der Waals surface area contributed by atoms with Gasteiger partial charge in [0.2, 0.25) is 0 Å². The molecule has 0 fully saturated rings. The van der Waals surface area contributed by atoms with Crippen molar-refractivity contribution in [2.24, 2.45) is 5.41 Å². The molecule has 2 N–H and O–H groups in total. The topological polar surface area (TPSA) is 45.1 Å². The van der Waals surface area contributed by atoms with E-state index in [9.17, 15) is 5.11 Å². The monoisotopic (exact) mass is 306 g/mol. The second-order valence-electron chi connectivity index (χ2n) is 5.57. The summed E-state index contributed by atoms with van der Waals surface area (Å²) in [7, 11) is 0. The van der Waals surface area contributed by atoms with Gasteiger partial charge in [-0.2, -0.15) is 0 Å². The lowest BCUT2D eigenvalue weighted by Gasteiger charge is -2.29. The SMILES string of the molecule is CCC(CC)(CO)CNCc1ccc(Cl)c2cccnc12. The van der Waals surface area contributed by atoms with Crippen molar-refractivity contribution in [3.05, 3.63) is 41.0 Å². The van der Waals surface area contributed by atoms with E-state index in [0.29, 0.717) is 0 Å². The van der Waals surface area contributed by atoms with Gasteiger partial charge in [0, 0.05) is 41.7 Å². The molecule has 1 aromatic carbocycles. The molecule has 0 amide bonds. The number of pyridine rings is 1. The van der Waals surface area contributed by atoms with Gasteiger partial charge >= 0.3 is 0 Å². The summed E-state index contributed by atoms with van der Waals surface area (Å²) in [4.78, 5) is 4.44. The highest BCUT2D eigenvalue weighted by molar-refractivity contribution is 6.35. The Morgan fingerprint density at radius 1 is 1.24 bits per heavy atom. The summed E-state index contributed by atoms with van der Waals surface area (Å²) in [5.74, 6) is 0. The summed E-state index contributed by atoms with van der Waals surface area (Å²) >= 11 is 6.21. The lowest BCUT2D eigenvalue weighted by Crippen LogP contribution is -2.36. The molecule has 2 rings (SSSR count). The molecular formula is C17H23ClN2O. The Balaban J connectivity index is 2.13. The smallest absolute Gasteiger partial charge is 0.0761 e. The van der Waals surface area contributed by atoms with Gasteiger partial charge < -0.3 is 10.4 Å². The van der Waals surface area contributed by atoms with Crippen LogP contribution >= 0.6 is 11.6 Å². The minimum atomic E-state index is -0.0321. The van der Waals surface area contributed by atoms with Crippen LogP contribution in [0.3, 0.4) is 0 Å². The van der Waals surface area contributed by atoms with Crippen LogP contribution in [0.15, 0.2) is 30.5 Å². The van der Waals surface area contributed by atoms with Gasteiger partial charge in [0.25, 0.3) is 0 Å². The number of rotatable bonds is 7. The number of aromatic nitrogens is 1. The summed E-state index contributed by atoms with van der Waals surface area (Å²) in [5, 5.41) is 14.8. The number of benzene rings is 1. The molecule has 0 aliphatic carbocycles. The maximum absolute atomic E-state index is 9.61. The zero-order valence-electron chi connectivity index (χ0n) is 12.7. The average molecular weight is 307 g/mol. The van der Waals surface area contributed by atoms with E-state index >= 15 is 0 Å². The molecule has 0 aliphatic rings. The van der Waals surface area contributed by atoms with E-state index in [0.717, 1.165) is 47.4 Å². The van der Waals surface area contributed by atoms with Crippen LogP contribution in [0.1, 0.15) is 32.3 Å². The van der Waals surface area contributed by atoms with Crippen LogP contribution in [0.25, 0.3) is 10.9 Å². The second kappa shape index (κ2) is 7.21. The van der Waals surface area contributed by atoms with Crippen molar-refractivity contribution in [1.82, 2.24) is 10.3 Å². The Morgan fingerprint density at radius 2 is 2.00 bits per heavy atom. The molecule has 4 heteroatoms. The van der Waals surface area contributed by atoms with Gasteiger partial charge in [-0.15, -0.1) is 0 Å². The van der Waals surface area contributed by atoms with E-state index in [2.05, 4.69) is 24.1 Å². The molecule has 1 aromatic heterocycles. The molecule has 0 spiro atoms. The van der Waals surface area contributed by atoms with Crippen LogP contribution < -0.4 is 5.32 Å². The molecule has 0 saturated carbocycles. The standard InChI is InChI=1S/C17H23ClN2O/c1-3-17(4-2,12-21)11-19-10-13-7-8-15(18)14-6-5-9-20-16(13)14/h5-9,19,21H,3-4,10-12H2,1-2H3. The molecule has 0 unspecified atom stereocenters. The van der Waals surface area contributed by atoms with Gasteiger partial charge in [0.15, 0.2) is 0 Å². The molecule has 114 valence electrons. The van der Waals surface area contributed by atoms with Gasteiger partial charge in [-0.25, -0.2) is 0 Å². The predicted octanol–water partition coefficient (Wildman–Crippen LogP) is 3.78. The molecule has 0 atom stereocenters. The zero-order chi connectivity index (χ0) is 15.3. The van der Waals surface area contributed by atoms with E-state index < -0.39 is 0 Å². The predicted molar refractivity (Wildman–Crippen MR) is 88.6 cm³/mol. The summed E-state index contributed by atoms with van der Waals surface area (Å²) in [6.07, 6.45) is 3.72. The maximum Gasteiger partial charge on any atom is 0.0761 e. The largest absolute Gasteiger partial charge is 0.396 e. The first kappa shape index (κ1) is 16.2. The fourth-order valence-electron chi connectivity index (χ4n) is 2.58.